The fraction of sp³-hybridized carbons (Fsp3) is 0.867. The van der Waals surface area contributed by atoms with Crippen molar-refractivity contribution < 1.29 is 9.47 Å². The molecule has 0 radical (unpaired) electrons. The van der Waals surface area contributed by atoms with E-state index in [9.17, 15) is 0 Å². The first-order valence-electron chi connectivity index (χ1n) is 7.33. The molecule has 0 saturated heterocycles. The number of rotatable bonds is 10. The van der Waals surface area contributed by atoms with Crippen molar-refractivity contribution in [3.05, 3.63) is 12.5 Å². The van der Waals surface area contributed by atoms with Gasteiger partial charge >= 0.3 is 0 Å². The van der Waals surface area contributed by atoms with E-state index in [0.717, 1.165) is 12.8 Å². The van der Waals surface area contributed by atoms with E-state index in [4.69, 9.17) is 9.47 Å². The maximum absolute atomic E-state index is 5.67. The van der Waals surface area contributed by atoms with E-state index < -0.39 is 0 Å². The second-order valence-corrected chi connectivity index (χ2v) is 5.04. The molecule has 0 fully saturated rings. The van der Waals surface area contributed by atoms with Crippen molar-refractivity contribution >= 4 is 0 Å². The van der Waals surface area contributed by atoms with E-state index in [1.807, 2.05) is 0 Å². The van der Waals surface area contributed by atoms with Gasteiger partial charge in [0.2, 0.25) is 5.79 Å². The first kappa shape index (κ1) is 14.4. The molecule has 2 heteroatoms. The molecule has 0 aliphatic carbocycles. The summed E-state index contributed by atoms with van der Waals surface area (Å²) in [7, 11) is 0. The van der Waals surface area contributed by atoms with Crippen LogP contribution in [-0.4, -0.2) is 5.79 Å². The van der Waals surface area contributed by atoms with Crippen LogP contribution in [0, 0.1) is 0 Å². The third-order valence-electron chi connectivity index (χ3n) is 3.44. The first-order valence-corrected chi connectivity index (χ1v) is 7.33. The summed E-state index contributed by atoms with van der Waals surface area (Å²) in [5, 5.41) is 0. The van der Waals surface area contributed by atoms with Crippen LogP contribution in [0.4, 0.5) is 0 Å². The summed E-state index contributed by atoms with van der Waals surface area (Å²) in [4.78, 5) is 0. The van der Waals surface area contributed by atoms with Gasteiger partial charge < -0.3 is 9.47 Å². The molecule has 1 aliphatic heterocycles. The smallest absolute Gasteiger partial charge is 0.249 e. The molecule has 1 heterocycles. The van der Waals surface area contributed by atoms with Crippen LogP contribution in [0.1, 0.15) is 78.1 Å². The lowest BCUT2D eigenvalue weighted by Gasteiger charge is -2.27. The Hall–Kier alpha value is -0.660. The molecule has 0 N–H and O–H groups in total. The molecule has 0 unspecified atom stereocenters. The summed E-state index contributed by atoms with van der Waals surface area (Å²) in [6, 6.07) is 0. The van der Waals surface area contributed by atoms with Gasteiger partial charge in [-0.2, -0.15) is 0 Å². The van der Waals surface area contributed by atoms with Crippen LogP contribution in [0.25, 0.3) is 0 Å². The van der Waals surface area contributed by atoms with Gasteiger partial charge in [-0.3, -0.25) is 0 Å². The van der Waals surface area contributed by atoms with Crippen molar-refractivity contribution in [2.75, 3.05) is 0 Å². The van der Waals surface area contributed by atoms with E-state index in [1.54, 1.807) is 12.5 Å². The van der Waals surface area contributed by atoms with Crippen molar-refractivity contribution in [3.63, 3.8) is 0 Å². The predicted octanol–water partition coefficient (Wildman–Crippen LogP) is 5.14. The molecule has 1 rings (SSSR count). The van der Waals surface area contributed by atoms with Gasteiger partial charge in [0.15, 0.2) is 0 Å². The highest BCUT2D eigenvalue weighted by molar-refractivity contribution is 4.83. The minimum absolute atomic E-state index is 0.319. The molecule has 17 heavy (non-hydrogen) atoms. The minimum atomic E-state index is -0.319. The van der Waals surface area contributed by atoms with E-state index in [0.29, 0.717) is 0 Å². The number of ether oxygens (including phenoxy) is 2. The summed E-state index contributed by atoms with van der Waals surface area (Å²) >= 11 is 0. The molecule has 2 nitrogen and oxygen atoms in total. The zero-order chi connectivity index (χ0) is 12.4. The highest BCUT2D eigenvalue weighted by atomic mass is 16.7. The molecule has 1 aliphatic rings. The Kier molecular flexibility index (Phi) is 7.14. The van der Waals surface area contributed by atoms with Crippen LogP contribution in [0.3, 0.4) is 0 Å². The molecule has 100 valence electrons. The number of hydrogen-bond acceptors (Lipinski definition) is 2. The average molecular weight is 240 g/mol. The molecule has 0 aromatic rings. The Labute approximate surface area is 106 Å². The second-order valence-electron chi connectivity index (χ2n) is 5.04. The standard InChI is InChI=1S/C15H28O2/c1-3-5-7-8-9-10-12-15(11-6-4-2)16-13-14-17-15/h13-14H,3-12H2,1-2H3. The van der Waals surface area contributed by atoms with Crippen LogP contribution >= 0.6 is 0 Å². The molecular weight excluding hydrogens is 212 g/mol. The van der Waals surface area contributed by atoms with Crippen molar-refractivity contribution in [2.45, 2.75) is 83.8 Å². The minimum Gasteiger partial charge on any atom is -0.457 e. The molecular formula is C15H28O2. The fourth-order valence-corrected chi connectivity index (χ4v) is 2.31. The summed E-state index contributed by atoms with van der Waals surface area (Å²) in [6.45, 7) is 4.46. The summed E-state index contributed by atoms with van der Waals surface area (Å²) in [6.07, 6.45) is 15.8. The Morgan fingerprint density at radius 2 is 1.24 bits per heavy atom. The van der Waals surface area contributed by atoms with Crippen LogP contribution in [0.5, 0.6) is 0 Å². The SMILES string of the molecule is CCCCCCCCC1(CCCC)OC=CO1. The maximum Gasteiger partial charge on any atom is 0.249 e. The molecule has 0 spiro atoms. The highest BCUT2D eigenvalue weighted by Crippen LogP contribution is 2.32. The molecule has 0 aromatic heterocycles. The largest absolute Gasteiger partial charge is 0.457 e. The van der Waals surface area contributed by atoms with Gasteiger partial charge in [0.05, 0.1) is 0 Å². The van der Waals surface area contributed by atoms with Gasteiger partial charge in [0.1, 0.15) is 12.5 Å². The van der Waals surface area contributed by atoms with E-state index in [2.05, 4.69) is 13.8 Å². The Bertz CT molecular complexity index is 203. The van der Waals surface area contributed by atoms with Crippen molar-refractivity contribution in [1.82, 2.24) is 0 Å². The lowest BCUT2D eigenvalue weighted by Crippen LogP contribution is -2.29. The summed E-state index contributed by atoms with van der Waals surface area (Å²) in [5.41, 5.74) is 0. The summed E-state index contributed by atoms with van der Waals surface area (Å²) < 4.78 is 11.3. The first-order chi connectivity index (χ1) is 8.33. The topological polar surface area (TPSA) is 18.5 Å². The zero-order valence-corrected chi connectivity index (χ0v) is 11.5. The third kappa shape index (κ3) is 5.47. The maximum atomic E-state index is 5.67. The van der Waals surface area contributed by atoms with Gasteiger partial charge in [-0.25, -0.2) is 0 Å². The molecule has 0 amide bonds. The lowest BCUT2D eigenvalue weighted by molar-refractivity contribution is -0.153. The summed E-state index contributed by atoms with van der Waals surface area (Å²) in [5.74, 6) is -0.319. The molecule has 0 bridgehead atoms. The van der Waals surface area contributed by atoms with Crippen molar-refractivity contribution in [1.29, 1.82) is 0 Å². The van der Waals surface area contributed by atoms with E-state index in [-0.39, 0.29) is 5.79 Å². The van der Waals surface area contributed by atoms with E-state index >= 15 is 0 Å². The van der Waals surface area contributed by atoms with E-state index in [1.165, 1.54) is 51.4 Å². The van der Waals surface area contributed by atoms with Gasteiger partial charge in [-0.05, 0) is 12.8 Å². The van der Waals surface area contributed by atoms with Gasteiger partial charge in [0, 0.05) is 12.8 Å². The Balaban J connectivity index is 2.12. The van der Waals surface area contributed by atoms with Gasteiger partial charge in [0.25, 0.3) is 0 Å². The molecule has 0 atom stereocenters. The van der Waals surface area contributed by atoms with Crippen LogP contribution < -0.4 is 0 Å². The van der Waals surface area contributed by atoms with Crippen LogP contribution in [-0.2, 0) is 9.47 Å². The average Bonchev–Trinajstić information content (AvgIpc) is 2.80. The lowest BCUT2D eigenvalue weighted by atomic mass is 10.0. The highest BCUT2D eigenvalue weighted by Gasteiger charge is 2.33. The van der Waals surface area contributed by atoms with Crippen LogP contribution in [0.2, 0.25) is 0 Å². The zero-order valence-electron chi connectivity index (χ0n) is 11.5. The van der Waals surface area contributed by atoms with Crippen molar-refractivity contribution in [3.8, 4) is 0 Å². The quantitative estimate of drug-likeness (QED) is 0.492. The molecule has 0 aromatic carbocycles. The number of unbranched alkanes of at least 4 members (excludes halogenated alkanes) is 6. The normalized spacial score (nSPS) is 16.8. The van der Waals surface area contributed by atoms with Gasteiger partial charge in [-0.1, -0.05) is 52.4 Å². The van der Waals surface area contributed by atoms with Crippen LogP contribution in [0.15, 0.2) is 12.5 Å². The Morgan fingerprint density at radius 3 is 1.88 bits per heavy atom. The monoisotopic (exact) mass is 240 g/mol. The Morgan fingerprint density at radius 1 is 0.706 bits per heavy atom. The van der Waals surface area contributed by atoms with Gasteiger partial charge in [-0.15, -0.1) is 0 Å². The second kappa shape index (κ2) is 8.43. The predicted molar refractivity (Wildman–Crippen MR) is 71.6 cm³/mol. The molecule has 0 saturated carbocycles. The number of hydrogen-bond donors (Lipinski definition) is 0. The van der Waals surface area contributed by atoms with Crippen molar-refractivity contribution in [2.24, 2.45) is 0 Å². The fourth-order valence-electron chi connectivity index (χ4n) is 2.31. The third-order valence-corrected chi connectivity index (χ3v) is 3.44.